The van der Waals surface area contributed by atoms with Crippen LogP contribution in [0.5, 0.6) is 0 Å². The zero-order valence-corrected chi connectivity index (χ0v) is 11.9. The minimum Gasteiger partial charge on any atom is -0.330 e. The Balaban J connectivity index is 0.00000147. The van der Waals surface area contributed by atoms with E-state index in [1.54, 1.807) is 0 Å². The maximum atomic E-state index is 8.82. The molecule has 0 saturated heterocycles. The fourth-order valence-electron chi connectivity index (χ4n) is 2.60. The van der Waals surface area contributed by atoms with Gasteiger partial charge in [-0.1, -0.05) is 36.4 Å². The predicted octanol–water partition coefficient (Wildman–Crippen LogP) is 3.71. The van der Waals surface area contributed by atoms with Gasteiger partial charge in [0, 0.05) is 0 Å². The van der Waals surface area contributed by atoms with Crippen LogP contribution in [0.15, 0.2) is 48.5 Å². The van der Waals surface area contributed by atoms with Crippen molar-refractivity contribution in [3.8, 4) is 17.2 Å². The van der Waals surface area contributed by atoms with Gasteiger partial charge in [-0.25, -0.2) is 0 Å². The number of halogens is 1. The molecule has 1 fully saturated rings. The van der Waals surface area contributed by atoms with Gasteiger partial charge in [-0.3, -0.25) is 0 Å². The molecule has 3 rings (SSSR count). The van der Waals surface area contributed by atoms with Crippen LogP contribution in [0.2, 0.25) is 0 Å². The summed E-state index contributed by atoms with van der Waals surface area (Å²) in [6.45, 7) is 0.783. The van der Waals surface area contributed by atoms with Gasteiger partial charge in [-0.15, -0.1) is 12.4 Å². The highest BCUT2D eigenvalue weighted by Crippen LogP contribution is 2.47. The first kappa shape index (κ1) is 14.6. The molecule has 0 amide bonds. The first-order valence-corrected chi connectivity index (χ1v) is 6.62. The maximum Gasteiger partial charge on any atom is 0.0991 e. The lowest BCUT2D eigenvalue weighted by Crippen LogP contribution is -2.01. The van der Waals surface area contributed by atoms with E-state index in [4.69, 9.17) is 11.0 Å². The highest BCUT2D eigenvalue weighted by molar-refractivity contribution is 5.85. The highest BCUT2D eigenvalue weighted by Gasteiger charge is 2.36. The molecule has 1 aliphatic carbocycles. The summed E-state index contributed by atoms with van der Waals surface area (Å²) in [7, 11) is 0. The molecule has 2 nitrogen and oxygen atoms in total. The van der Waals surface area contributed by atoms with Gasteiger partial charge in [-0.2, -0.15) is 5.26 Å². The van der Waals surface area contributed by atoms with Crippen LogP contribution >= 0.6 is 12.4 Å². The topological polar surface area (TPSA) is 49.8 Å². The predicted molar refractivity (Wildman–Crippen MR) is 83.7 cm³/mol. The van der Waals surface area contributed by atoms with E-state index < -0.39 is 0 Å². The molecule has 20 heavy (non-hydrogen) atoms. The highest BCUT2D eigenvalue weighted by atomic mass is 35.5. The van der Waals surface area contributed by atoms with Crippen molar-refractivity contribution in [1.29, 1.82) is 5.26 Å². The molecular formula is C17H17ClN2. The van der Waals surface area contributed by atoms with Crippen molar-refractivity contribution in [2.24, 2.45) is 11.7 Å². The summed E-state index contributed by atoms with van der Waals surface area (Å²) < 4.78 is 0. The normalized spacial score (nSPS) is 19.8. The molecular weight excluding hydrogens is 268 g/mol. The number of rotatable bonds is 3. The second-order valence-corrected chi connectivity index (χ2v) is 5.15. The summed E-state index contributed by atoms with van der Waals surface area (Å²) in [5.74, 6) is 1.31. The van der Waals surface area contributed by atoms with Gasteiger partial charge in [-0.05, 0) is 53.6 Å². The SMILES string of the molecule is Cl.N#Cc1ccc(-c2cccc(C3CC3CN)c2)cc1. The van der Waals surface area contributed by atoms with Crippen LogP contribution in [0, 0.1) is 17.2 Å². The molecule has 2 aromatic carbocycles. The fourth-order valence-corrected chi connectivity index (χ4v) is 2.60. The smallest absolute Gasteiger partial charge is 0.0991 e. The molecule has 0 radical (unpaired) electrons. The third-order valence-electron chi connectivity index (χ3n) is 3.89. The Labute approximate surface area is 125 Å². The van der Waals surface area contributed by atoms with E-state index in [0.717, 1.165) is 12.1 Å². The number of nitrogens with two attached hydrogens (primary N) is 1. The first-order valence-electron chi connectivity index (χ1n) is 6.62. The molecule has 3 heteroatoms. The van der Waals surface area contributed by atoms with Crippen LogP contribution in [-0.2, 0) is 0 Å². The summed E-state index contributed by atoms with van der Waals surface area (Å²) in [5.41, 5.74) is 10.2. The average Bonchev–Trinajstić information content (AvgIpc) is 3.27. The van der Waals surface area contributed by atoms with E-state index in [0.29, 0.717) is 17.4 Å². The lowest BCUT2D eigenvalue weighted by Gasteiger charge is -2.05. The summed E-state index contributed by atoms with van der Waals surface area (Å²) in [4.78, 5) is 0. The Bertz CT molecular complexity index is 628. The van der Waals surface area contributed by atoms with E-state index in [2.05, 4.69) is 30.3 Å². The summed E-state index contributed by atoms with van der Waals surface area (Å²) >= 11 is 0. The summed E-state index contributed by atoms with van der Waals surface area (Å²) in [5, 5.41) is 8.82. The van der Waals surface area contributed by atoms with Gasteiger partial charge in [0.1, 0.15) is 0 Å². The Hall–Kier alpha value is -1.82. The summed E-state index contributed by atoms with van der Waals surface area (Å²) in [6, 6.07) is 18.5. The van der Waals surface area contributed by atoms with E-state index in [1.165, 1.54) is 17.5 Å². The van der Waals surface area contributed by atoms with Gasteiger partial charge >= 0.3 is 0 Å². The Kier molecular flexibility index (Phi) is 4.44. The molecule has 2 aromatic rings. The molecule has 0 heterocycles. The molecule has 0 aliphatic heterocycles. The Morgan fingerprint density at radius 3 is 2.45 bits per heavy atom. The van der Waals surface area contributed by atoms with E-state index in [1.807, 2.05) is 24.3 Å². The minimum atomic E-state index is 0. The van der Waals surface area contributed by atoms with Crippen LogP contribution < -0.4 is 5.73 Å². The van der Waals surface area contributed by atoms with Crippen LogP contribution in [0.1, 0.15) is 23.5 Å². The van der Waals surface area contributed by atoms with Gasteiger partial charge in [0.15, 0.2) is 0 Å². The van der Waals surface area contributed by atoms with Crippen molar-refractivity contribution in [1.82, 2.24) is 0 Å². The molecule has 1 aliphatic rings. The Morgan fingerprint density at radius 1 is 1.10 bits per heavy atom. The lowest BCUT2D eigenvalue weighted by molar-refractivity contribution is 0.810. The van der Waals surface area contributed by atoms with Crippen molar-refractivity contribution >= 4 is 12.4 Å². The second-order valence-electron chi connectivity index (χ2n) is 5.15. The van der Waals surface area contributed by atoms with Crippen LogP contribution in [0.3, 0.4) is 0 Å². The minimum absolute atomic E-state index is 0. The molecule has 2 unspecified atom stereocenters. The number of hydrogen-bond acceptors (Lipinski definition) is 2. The standard InChI is InChI=1S/C17H16N2.ClH/c18-10-12-4-6-13(7-5-12)14-2-1-3-15(8-14)17-9-16(17)11-19;/h1-8,16-17H,9,11,19H2;1H. The molecule has 102 valence electrons. The lowest BCUT2D eigenvalue weighted by atomic mass is 10.00. The van der Waals surface area contributed by atoms with E-state index in [9.17, 15) is 0 Å². The summed E-state index contributed by atoms with van der Waals surface area (Å²) in [6.07, 6.45) is 1.22. The number of benzene rings is 2. The number of nitriles is 1. The average molecular weight is 285 g/mol. The maximum absolute atomic E-state index is 8.82. The van der Waals surface area contributed by atoms with Gasteiger partial charge < -0.3 is 5.73 Å². The van der Waals surface area contributed by atoms with Crippen molar-refractivity contribution in [3.63, 3.8) is 0 Å². The second kappa shape index (κ2) is 6.09. The Morgan fingerprint density at radius 2 is 1.85 bits per heavy atom. The van der Waals surface area contributed by atoms with Crippen molar-refractivity contribution < 1.29 is 0 Å². The van der Waals surface area contributed by atoms with Crippen LogP contribution in [0.25, 0.3) is 11.1 Å². The van der Waals surface area contributed by atoms with Gasteiger partial charge in [0.05, 0.1) is 11.6 Å². The number of hydrogen-bond donors (Lipinski definition) is 1. The van der Waals surface area contributed by atoms with Crippen molar-refractivity contribution in [3.05, 3.63) is 59.7 Å². The monoisotopic (exact) mass is 284 g/mol. The molecule has 2 N–H and O–H groups in total. The quantitative estimate of drug-likeness (QED) is 0.934. The van der Waals surface area contributed by atoms with Crippen molar-refractivity contribution in [2.45, 2.75) is 12.3 Å². The zero-order chi connectivity index (χ0) is 13.2. The number of nitrogens with zero attached hydrogens (tertiary/aromatic N) is 1. The fraction of sp³-hybridized carbons (Fsp3) is 0.235. The largest absolute Gasteiger partial charge is 0.330 e. The van der Waals surface area contributed by atoms with E-state index in [-0.39, 0.29) is 12.4 Å². The van der Waals surface area contributed by atoms with Gasteiger partial charge in [0.2, 0.25) is 0 Å². The molecule has 0 bridgehead atoms. The molecule has 0 spiro atoms. The van der Waals surface area contributed by atoms with Crippen LogP contribution in [-0.4, -0.2) is 6.54 Å². The van der Waals surface area contributed by atoms with Crippen LogP contribution in [0.4, 0.5) is 0 Å². The third-order valence-corrected chi connectivity index (χ3v) is 3.89. The molecule has 1 saturated carbocycles. The third kappa shape index (κ3) is 2.85. The first-order chi connectivity index (χ1) is 9.31. The zero-order valence-electron chi connectivity index (χ0n) is 11.1. The molecule has 2 atom stereocenters. The molecule has 0 aromatic heterocycles. The van der Waals surface area contributed by atoms with Crippen molar-refractivity contribution in [2.75, 3.05) is 6.54 Å². The van der Waals surface area contributed by atoms with Gasteiger partial charge in [0.25, 0.3) is 0 Å². The van der Waals surface area contributed by atoms with E-state index >= 15 is 0 Å².